The highest BCUT2D eigenvalue weighted by Crippen LogP contribution is 2.20. The molecule has 0 radical (unpaired) electrons. The summed E-state index contributed by atoms with van der Waals surface area (Å²) < 4.78 is 26.4. The van der Waals surface area contributed by atoms with E-state index in [0.717, 1.165) is 11.3 Å². The van der Waals surface area contributed by atoms with Gasteiger partial charge in [-0.25, -0.2) is 13.1 Å². The SMILES string of the molecule is CSC(C)CNS(=O)(=O)c1cc(CO)cs1. The molecular formula is C9H15NO3S3. The van der Waals surface area contributed by atoms with Crippen LogP contribution in [-0.4, -0.2) is 31.6 Å². The smallest absolute Gasteiger partial charge is 0.250 e. The Bertz CT molecular complexity index is 427. The second-order valence-corrected chi connectivity index (χ2v) is 7.51. The van der Waals surface area contributed by atoms with Gasteiger partial charge in [-0.15, -0.1) is 11.3 Å². The lowest BCUT2D eigenvalue weighted by atomic mass is 10.4. The number of rotatable bonds is 6. The highest BCUT2D eigenvalue weighted by molar-refractivity contribution is 7.99. The Morgan fingerprint density at radius 3 is 2.81 bits per heavy atom. The first-order chi connectivity index (χ1) is 7.49. The summed E-state index contributed by atoms with van der Waals surface area (Å²) in [6, 6.07) is 1.50. The van der Waals surface area contributed by atoms with Crippen LogP contribution in [0.25, 0.3) is 0 Å². The van der Waals surface area contributed by atoms with Crippen molar-refractivity contribution in [2.24, 2.45) is 0 Å². The maximum Gasteiger partial charge on any atom is 0.250 e. The van der Waals surface area contributed by atoms with Crippen LogP contribution in [0.3, 0.4) is 0 Å². The van der Waals surface area contributed by atoms with Gasteiger partial charge in [-0.1, -0.05) is 6.92 Å². The van der Waals surface area contributed by atoms with E-state index < -0.39 is 10.0 Å². The fourth-order valence-electron chi connectivity index (χ4n) is 0.959. The minimum Gasteiger partial charge on any atom is -0.392 e. The molecule has 4 nitrogen and oxygen atoms in total. The molecule has 1 heterocycles. The van der Waals surface area contributed by atoms with Crippen LogP contribution in [0.2, 0.25) is 0 Å². The molecule has 2 N–H and O–H groups in total. The molecule has 1 aromatic heterocycles. The van der Waals surface area contributed by atoms with Gasteiger partial charge < -0.3 is 5.11 Å². The van der Waals surface area contributed by atoms with E-state index in [1.165, 1.54) is 6.07 Å². The Morgan fingerprint density at radius 1 is 1.62 bits per heavy atom. The predicted octanol–water partition coefficient (Wildman–Crippen LogP) is 1.27. The molecule has 1 aromatic rings. The molecule has 0 saturated heterocycles. The normalized spacial score (nSPS) is 13.9. The van der Waals surface area contributed by atoms with Crippen molar-refractivity contribution in [2.45, 2.75) is 23.0 Å². The van der Waals surface area contributed by atoms with E-state index in [1.807, 2.05) is 13.2 Å². The third-order valence-electron chi connectivity index (χ3n) is 2.04. The predicted molar refractivity (Wildman–Crippen MR) is 68.4 cm³/mol. The molecule has 0 saturated carbocycles. The first-order valence-electron chi connectivity index (χ1n) is 4.70. The van der Waals surface area contributed by atoms with Crippen molar-refractivity contribution in [1.82, 2.24) is 4.72 Å². The van der Waals surface area contributed by atoms with Crippen LogP contribution in [0.15, 0.2) is 15.7 Å². The minimum absolute atomic E-state index is 0.132. The standard InChI is InChI=1S/C9H15NO3S3/c1-7(14-2)4-10-16(12,13)9-3-8(5-11)6-15-9/h3,6-7,10-11H,4-5H2,1-2H3. The number of hydrogen-bond donors (Lipinski definition) is 2. The van der Waals surface area contributed by atoms with E-state index in [2.05, 4.69) is 4.72 Å². The van der Waals surface area contributed by atoms with Gasteiger partial charge in [0.25, 0.3) is 0 Å². The molecule has 92 valence electrons. The largest absolute Gasteiger partial charge is 0.392 e. The molecule has 0 aliphatic carbocycles. The fourth-order valence-corrected chi connectivity index (χ4v) is 3.69. The molecule has 0 bridgehead atoms. The number of nitrogens with one attached hydrogen (secondary N) is 1. The summed E-state index contributed by atoms with van der Waals surface area (Å²) in [6.45, 7) is 2.24. The van der Waals surface area contributed by atoms with Crippen molar-refractivity contribution in [3.8, 4) is 0 Å². The fraction of sp³-hybridized carbons (Fsp3) is 0.556. The van der Waals surface area contributed by atoms with Crippen LogP contribution >= 0.6 is 23.1 Å². The second-order valence-electron chi connectivity index (χ2n) is 3.33. The molecule has 0 fully saturated rings. The Kier molecular flexibility index (Phi) is 5.26. The van der Waals surface area contributed by atoms with Crippen molar-refractivity contribution < 1.29 is 13.5 Å². The quantitative estimate of drug-likeness (QED) is 0.824. The number of hydrogen-bond acceptors (Lipinski definition) is 5. The van der Waals surface area contributed by atoms with E-state index >= 15 is 0 Å². The summed E-state index contributed by atoms with van der Waals surface area (Å²) in [6.07, 6.45) is 1.94. The first kappa shape index (κ1) is 14.0. The lowest BCUT2D eigenvalue weighted by Gasteiger charge is -2.09. The molecule has 0 aliphatic rings. The van der Waals surface area contributed by atoms with Gasteiger partial charge in [0.1, 0.15) is 4.21 Å². The van der Waals surface area contributed by atoms with Gasteiger partial charge >= 0.3 is 0 Å². The van der Waals surface area contributed by atoms with Crippen LogP contribution < -0.4 is 4.72 Å². The van der Waals surface area contributed by atoms with Gasteiger partial charge in [-0.2, -0.15) is 11.8 Å². The van der Waals surface area contributed by atoms with Gasteiger partial charge in [-0.05, 0) is 23.3 Å². The number of thioether (sulfide) groups is 1. The summed E-state index contributed by atoms with van der Waals surface area (Å²) in [5.41, 5.74) is 0.628. The lowest BCUT2D eigenvalue weighted by Crippen LogP contribution is -2.28. The van der Waals surface area contributed by atoms with Crippen molar-refractivity contribution >= 4 is 33.1 Å². The number of sulfonamides is 1. The number of thiophene rings is 1. The van der Waals surface area contributed by atoms with E-state index in [-0.39, 0.29) is 16.1 Å². The van der Waals surface area contributed by atoms with Gasteiger partial charge in [0, 0.05) is 11.8 Å². The summed E-state index contributed by atoms with van der Waals surface area (Å²) in [5, 5.41) is 10.7. The highest BCUT2D eigenvalue weighted by atomic mass is 32.2. The van der Waals surface area contributed by atoms with Crippen LogP contribution in [-0.2, 0) is 16.6 Å². The van der Waals surface area contributed by atoms with E-state index in [1.54, 1.807) is 17.1 Å². The molecular weight excluding hydrogens is 266 g/mol. The van der Waals surface area contributed by atoms with Gasteiger partial charge in [-0.3, -0.25) is 0 Å². The summed E-state index contributed by atoms with van der Waals surface area (Å²) in [5.74, 6) is 0. The molecule has 0 aliphatic heterocycles. The zero-order valence-electron chi connectivity index (χ0n) is 9.13. The van der Waals surface area contributed by atoms with Gasteiger partial charge in [0.2, 0.25) is 10.0 Å². The maximum atomic E-state index is 11.8. The lowest BCUT2D eigenvalue weighted by molar-refractivity contribution is 0.282. The first-order valence-corrected chi connectivity index (χ1v) is 8.35. The summed E-state index contributed by atoms with van der Waals surface area (Å²) in [4.78, 5) is 0. The Morgan fingerprint density at radius 2 is 2.31 bits per heavy atom. The monoisotopic (exact) mass is 281 g/mol. The zero-order chi connectivity index (χ0) is 12.2. The van der Waals surface area contributed by atoms with Crippen LogP contribution in [0, 0.1) is 0 Å². The Balaban J connectivity index is 2.70. The molecule has 0 spiro atoms. The minimum atomic E-state index is -3.41. The summed E-state index contributed by atoms with van der Waals surface area (Å²) in [7, 11) is -3.41. The molecule has 1 unspecified atom stereocenters. The van der Waals surface area contributed by atoms with Crippen molar-refractivity contribution in [1.29, 1.82) is 0 Å². The topological polar surface area (TPSA) is 66.4 Å². The zero-order valence-corrected chi connectivity index (χ0v) is 11.6. The average molecular weight is 281 g/mol. The summed E-state index contributed by atoms with van der Waals surface area (Å²) >= 11 is 2.73. The molecule has 7 heteroatoms. The van der Waals surface area contributed by atoms with Gasteiger partial charge in [0.15, 0.2) is 0 Å². The molecule has 0 amide bonds. The molecule has 0 aromatic carbocycles. The van der Waals surface area contributed by atoms with Crippen molar-refractivity contribution in [3.05, 3.63) is 17.0 Å². The third kappa shape index (κ3) is 3.74. The number of aliphatic hydroxyl groups excluding tert-OH is 1. The maximum absolute atomic E-state index is 11.8. The second kappa shape index (κ2) is 6.02. The van der Waals surface area contributed by atoms with Crippen molar-refractivity contribution in [3.63, 3.8) is 0 Å². The Labute approximate surface area is 104 Å². The third-order valence-corrected chi connectivity index (χ3v) is 5.92. The molecule has 16 heavy (non-hydrogen) atoms. The Hall–Kier alpha value is -0.0800. The van der Waals surface area contributed by atoms with Crippen LogP contribution in [0.1, 0.15) is 12.5 Å². The molecule has 1 atom stereocenters. The van der Waals surface area contributed by atoms with E-state index in [4.69, 9.17) is 5.11 Å². The van der Waals surface area contributed by atoms with Crippen LogP contribution in [0.4, 0.5) is 0 Å². The van der Waals surface area contributed by atoms with Gasteiger partial charge in [0.05, 0.1) is 6.61 Å². The average Bonchev–Trinajstić information content (AvgIpc) is 2.75. The number of aliphatic hydroxyl groups is 1. The highest BCUT2D eigenvalue weighted by Gasteiger charge is 2.17. The van der Waals surface area contributed by atoms with Crippen molar-refractivity contribution in [2.75, 3.05) is 12.8 Å². The van der Waals surface area contributed by atoms with E-state index in [9.17, 15) is 8.42 Å². The van der Waals surface area contributed by atoms with Crippen LogP contribution in [0.5, 0.6) is 0 Å². The molecule has 1 rings (SSSR count). The van der Waals surface area contributed by atoms with E-state index in [0.29, 0.717) is 12.1 Å².